The third kappa shape index (κ3) is 3.63. The molecule has 1 saturated heterocycles. The SMILES string of the molecule is Cc1ccccc1-n1nnnc1SCC(=O)N1CC[C@@H]2CCCC[C@@H]2C1. The van der Waals surface area contributed by atoms with E-state index in [0.29, 0.717) is 16.8 Å². The molecule has 7 heteroatoms. The first-order valence-electron chi connectivity index (χ1n) is 9.47. The van der Waals surface area contributed by atoms with Crippen molar-refractivity contribution in [1.29, 1.82) is 0 Å². The first-order valence-corrected chi connectivity index (χ1v) is 10.5. The molecule has 2 aromatic rings. The highest BCUT2D eigenvalue weighted by Crippen LogP contribution is 2.36. The fraction of sp³-hybridized carbons (Fsp3) is 0.579. The van der Waals surface area contributed by atoms with Crippen LogP contribution >= 0.6 is 11.8 Å². The Kier molecular flexibility index (Phi) is 5.24. The molecule has 0 unspecified atom stereocenters. The van der Waals surface area contributed by atoms with Crippen LogP contribution in [0, 0.1) is 18.8 Å². The van der Waals surface area contributed by atoms with Gasteiger partial charge in [0.25, 0.3) is 0 Å². The number of benzene rings is 1. The summed E-state index contributed by atoms with van der Waals surface area (Å²) < 4.78 is 1.72. The van der Waals surface area contributed by atoms with Gasteiger partial charge in [-0.1, -0.05) is 49.2 Å². The smallest absolute Gasteiger partial charge is 0.233 e. The Morgan fingerprint density at radius 1 is 1.19 bits per heavy atom. The van der Waals surface area contributed by atoms with Crippen LogP contribution in [0.3, 0.4) is 0 Å². The maximum absolute atomic E-state index is 12.7. The molecule has 2 aliphatic rings. The highest BCUT2D eigenvalue weighted by molar-refractivity contribution is 7.99. The molecule has 0 N–H and O–H groups in total. The molecular formula is C19H25N5OS. The lowest BCUT2D eigenvalue weighted by atomic mass is 9.75. The molecule has 6 nitrogen and oxygen atoms in total. The summed E-state index contributed by atoms with van der Waals surface area (Å²) in [6.07, 6.45) is 6.50. The second-order valence-electron chi connectivity index (χ2n) is 7.38. The van der Waals surface area contributed by atoms with Gasteiger partial charge < -0.3 is 4.90 Å². The van der Waals surface area contributed by atoms with Crippen LogP contribution in [0.1, 0.15) is 37.7 Å². The zero-order valence-electron chi connectivity index (χ0n) is 15.2. The number of hydrogen-bond donors (Lipinski definition) is 0. The molecule has 1 amide bonds. The van der Waals surface area contributed by atoms with Gasteiger partial charge in [0.1, 0.15) is 0 Å². The molecule has 1 aromatic heterocycles. The Labute approximate surface area is 158 Å². The predicted octanol–water partition coefficient (Wildman–Crippen LogP) is 3.10. The van der Waals surface area contributed by atoms with E-state index >= 15 is 0 Å². The number of tetrazole rings is 1. The highest BCUT2D eigenvalue weighted by Gasteiger charge is 2.32. The number of amides is 1. The van der Waals surface area contributed by atoms with Crippen LogP contribution in [0.5, 0.6) is 0 Å². The Morgan fingerprint density at radius 2 is 2.00 bits per heavy atom. The van der Waals surface area contributed by atoms with Crippen LogP contribution in [0.25, 0.3) is 5.69 Å². The number of nitrogens with zero attached hydrogens (tertiary/aromatic N) is 5. The molecule has 1 aliphatic carbocycles. The fourth-order valence-corrected chi connectivity index (χ4v) is 5.05. The van der Waals surface area contributed by atoms with Gasteiger partial charge in [-0.25, -0.2) is 0 Å². The van der Waals surface area contributed by atoms with E-state index in [9.17, 15) is 4.79 Å². The average molecular weight is 372 g/mol. The van der Waals surface area contributed by atoms with E-state index in [-0.39, 0.29) is 5.91 Å². The number of rotatable bonds is 4. The first-order chi connectivity index (χ1) is 12.7. The Morgan fingerprint density at radius 3 is 2.85 bits per heavy atom. The molecule has 26 heavy (non-hydrogen) atoms. The number of aryl methyl sites for hydroxylation is 1. The molecule has 1 aromatic carbocycles. The predicted molar refractivity (Wildman–Crippen MR) is 101 cm³/mol. The summed E-state index contributed by atoms with van der Waals surface area (Å²) in [5.74, 6) is 2.15. The van der Waals surface area contributed by atoms with Crippen molar-refractivity contribution < 1.29 is 4.79 Å². The van der Waals surface area contributed by atoms with Crippen LogP contribution < -0.4 is 0 Å². The Bertz CT molecular complexity index is 777. The van der Waals surface area contributed by atoms with Crippen molar-refractivity contribution in [2.45, 2.75) is 44.2 Å². The number of hydrogen-bond acceptors (Lipinski definition) is 5. The zero-order valence-corrected chi connectivity index (χ0v) is 16.0. The second-order valence-corrected chi connectivity index (χ2v) is 8.32. The number of piperidine rings is 1. The molecule has 138 valence electrons. The molecule has 2 atom stereocenters. The summed E-state index contributed by atoms with van der Waals surface area (Å²) in [5, 5.41) is 12.7. The summed E-state index contributed by atoms with van der Waals surface area (Å²) in [6.45, 7) is 3.88. The lowest BCUT2D eigenvalue weighted by molar-refractivity contribution is -0.131. The molecule has 0 spiro atoms. The van der Waals surface area contributed by atoms with Gasteiger partial charge in [-0.2, -0.15) is 4.68 Å². The van der Waals surface area contributed by atoms with Gasteiger partial charge >= 0.3 is 0 Å². The fourth-order valence-electron chi connectivity index (χ4n) is 4.27. The maximum atomic E-state index is 12.7. The zero-order chi connectivity index (χ0) is 17.9. The van der Waals surface area contributed by atoms with Gasteiger partial charge in [-0.3, -0.25) is 4.79 Å². The van der Waals surface area contributed by atoms with E-state index in [2.05, 4.69) is 20.4 Å². The van der Waals surface area contributed by atoms with Crippen molar-refractivity contribution in [3.63, 3.8) is 0 Å². The average Bonchev–Trinajstić information content (AvgIpc) is 3.14. The Hall–Kier alpha value is -1.89. The summed E-state index contributed by atoms with van der Waals surface area (Å²) in [7, 11) is 0. The van der Waals surface area contributed by atoms with Crippen molar-refractivity contribution in [1.82, 2.24) is 25.1 Å². The van der Waals surface area contributed by atoms with Crippen LogP contribution in [-0.2, 0) is 4.79 Å². The number of aromatic nitrogens is 4. The number of thioether (sulfide) groups is 1. The quantitative estimate of drug-likeness (QED) is 0.773. The Balaban J connectivity index is 1.38. The number of fused-ring (bicyclic) bond motifs is 1. The van der Waals surface area contributed by atoms with Crippen molar-refractivity contribution >= 4 is 17.7 Å². The van der Waals surface area contributed by atoms with Gasteiger partial charge in [-0.05, 0) is 53.7 Å². The molecule has 2 heterocycles. The number of carbonyl (C=O) groups is 1. The van der Waals surface area contributed by atoms with Crippen molar-refractivity contribution in [2.75, 3.05) is 18.8 Å². The van der Waals surface area contributed by atoms with Crippen molar-refractivity contribution in [3.8, 4) is 5.69 Å². The number of carbonyl (C=O) groups excluding carboxylic acids is 1. The number of para-hydroxylation sites is 1. The lowest BCUT2D eigenvalue weighted by Crippen LogP contribution is -2.45. The first kappa shape index (κ1) is 17.5. The summed E-state index contributed by atoms with van der Waals surface area (Å²) in [4.78, 5) is 14.8. The minimum absolute atomic E-state index is 0.207. The van der Waals surface area contributed by atoms with Crippen LogP contribution in [0.2, 0.25) is 0 Å². The van der Waals surface area contributed by atoms with E-state index in [1.807, 2.05) is 31.2 Å². The minimum Gasteiger partial charge on any atom is -0.342 e. The van der Waals surface area contributed by atoms with Crippen molar-refractivity contribution in [2.24, 2.45) is 11.8 Å². The summed E-state index contributed by atoms with van der Waals surface area (Å²) >= 11 is 1.42. The third-order valence-corrected chi connectivity index (χ3v) is 6.66. The maximum Gasteiger partial charge on any atom is 0.233 e. The highest BCUT2D eigenvalue weighted by atomic mass is 32.2. The van der Waals surface area contributed by atoms with Crippen molar-refractivity contribution in [3.05, 3.63) is 29.8 Å². The number of likely N-dealkylation sites (tertiary alicyclic amines) is 1. The van der Waals surface area contributed by atoms with E-state index in [1.54, 1.807) is 4.68 Å². The van der Waals surface area contributed by atoms with Crippen LogP contribution in [0.4, 0.5) is 0 Å². The van der Waals surface area contributed by atoms with Gasteiger partial charge in [0.05, 0.1) is 11.4 Å². The largest absolute Gasteiger partial charge is 0.342 e. The molecule has 1 saturated carbocycles. The molecular weight excluding hydrogens is 346 g/mol. The van der Waals surface area contributed by atoms with Gasteiger partial charge in [-0.15, -0.1) is 5.10 Å². The molecule has 0 bridgehead atoms. The van der Waals surface area contributed by atoms with E-state index in [1.165, 1.54) is 43.9 Å². The second kappa shape index (κ2) is 7.78. The molecule has 1 aliphatic heterocycles. The molecule has 4 rings (SSSR count). The van der Waals surface area contributed by atoms with E-state index in [4.69, 9.17) is 0 Å². The third-order valence-electron chi connectivity index (χ3n) is 5.75. The summed E-state index contributed by atoms with van der Waals surface area (Å²) in [6, 6.07) is 7.99. The molecule has 0 radical (unpaired) electrons. The van der Waals surface area contributed by atoms with Gasteiger partial charge in [0, 0.05) is 13.1 Å². The minimum atomic E-state index is 0.207. The lowest BCUT2D eigenvalue weighted by Gasteiger charge is -2.41. The van der Waals surface area contributed by atoms with Crippen LogP contribution in [-0.4, -0.2) is 49.9 Å². The van der Waals surface area contributed by atoms with Gasteiger partial charge in [0.2, 0.25) is 11.1 Å². The van der Waals surface area contributed by atoms with Gasteiger partial charge in [0.15, 0.2) is 0 Å². The normalized spacial score (nSPS) is 22.9. The molecule has 2 fully saturated rings. The monoisotopic (exact) mass is 371 g/mol. The van der Waals surface area contributed by atoms with Crippen LogP contribution in [0.15, 0.2) is 29.4 Å². The summed E-state index contributed by atoms with van der Waals surface area (Å²) in [5.41, 5.74) is 2.06. The van der Waals surface area contributed by atoms with E-state index in [0.717, 1.165) is 30.3 Å². The standard InChI is InChI=1S/C19H25N5OS/c1-14-6-2-5-9-17(14)24-19(20-21-22-24)26-13-18(25)23-11-10-15-7-3-4-8-16(15)12-23/h2,5-6,9,15-16H,3-4,7-8,10-13H2,1H3/t15-,16+/m0/s1. The van der Waals surface area contributed by atoms with E-state index < -0.39 is 0 Å². The topological polar surface area (TPSA) is 63.9 Å².